The number of nitrogens with zero attached hydrogens (tertiary/aromatic N) is 1. The lowest BCUT2D eigenvalue weighted by molar-refractivity contribution is 0.0948. The Morgan fingerprint density at radius 3 is 2.33 bits per heavy atom. The lowest BCUT2D eigenvalue weighted by atomic mass is 10.1. The van der Waals surface area contributed by atoms with E-state index in [0.29, 0.717) is 11.1 Å². The maximum atomic E-state index is 13.9. The van der Waals surface area contributed by atoms with Gasteiger partial charge >= 0.3 is 0 Å². The maximum absolute atomic E-state index is 13.9. The SMILES string of the molecule is CNC(=O)c1cccc(CNC(=O)c2ccc(F)c(S(=O)(=O)N(C)C)c2)c1. The molecular formula is C18H20FN3O4S. The molecule has 0 heterocycles. The summed E-state index contributed by atoms with van der Waals surface area (Å²) in [6.45, 7) is 0.122. The fourth-order valence-corrected chi connectivity index (χ4v) is 3.27. The summed E-state index contributed by atoms with van der Waals surface area (Å²) in [6, 6.07) is 9.85. The van der Waals surface area contributed by atoms with Gasteiger partial charge in [0.15, 0.2) is 0 Å². The van der Waals surface area contributed by atoms with Crippen molar-refractivity contribution in [3.8, 4) is 0 Å². The van der Waals surface area contributed by atoms with Gasteiger partial charge in [0.2, 0.25) is 10.0 Å². The van der Waals surface area contributed by atoms with E-state index in [-0.39, 0.29) is 18.0 Å². The molecule has 9 heteroatoms. The first kappa shape index (κ1) is 20.5. The molecule has 2 aromatic carbocycles. The minimum Gasteiger partial charge on any atom is -0.355 e. The normalized spacial score (nSPS) is 11.3. The molecule has 27 heavy (non-hydrogen) atoms. The molecule has 2 rings (SSSR count). The molecular weight excluding hydrogens is 373 g/mol. The van der Waals surface area contributed by atoms with Gasteiger partial charge in [-0.25, -0.2) is 17.1 Å². The minimum atomic E-state index is -4.01. The third-order valence-electron chi connectivity index (χ3n) is 3.82. The van der Waals surface area contributed by atoms with Crippen molar-refractivity contribution in [3.63, 3.8) is 0 Å². The summed E-state index contributed by atoms with van der Waals surface area (Å²) >= 11 is 0. The Morgan fingerprint density at radius 2 is 1.70 bits per heavy atom. The summed E-state index contributed by atoms with van der Waals surface area (Å²) in [4.78, 5) is 23.4. The van der Waals surface area contributed by atoms with E-state index in [1.165, 1.54) is 27.2 Å². The molecule has 0 aliphatic heterocycles. The van der Waals surface area contributed by atoms with Crippen molar-refractivity contribution in [3.05, 3.63) is 65.0 Å². The number of hydrogen-bond donors (Lipinski definition) is 2. The lowest BCUT2D eigenvalue weighted by Crippen LogP contribution is -2.26. The van der Waals surface area contributed by atoms with Gasteiger partial charge in [0, 0.05) is 38.8 Å². The zero-order chi connectivity index (χ0) is 20.2. The molecule has 0 saturated carbocycles. The summed E-state index contributed by atoms with van der Waals surface area (Å²) in [7, 11) is 0.0611. The highest BCUT2D eigenvalue weighted by atomic mass is 32.2. The predicted molar refractivity (Wildman–Crippen MR) is 98.3 cm³/mol. The topological polar surface area (TPSA) is 95.6 Å². The molecule has 0 saturated heterocycles. The number of hydrogen-bond acceptors (Lipinski definition) is 4. The molecule has 2 aromatic rings. The minimum absolute atomic E-state index is 0.0132. The second-order valence-electron chi connectivity index (χ2n) is 5.89. The molecule has 0 spiro atoms. The third-order valence-corrected chi connectivity index (χ3v) is 5.65. The van der Waals surface area contributed by atoms with E-state index in [9.17, 15) is 22.4 Å². The van der Waals surface area contributed by atoms with Crippen molar-refractivity contribution in [2.45, 2.75) is 11.4 Å². The first-order valence-electron chi connectivity index (χ1n) is 7.98. The van der Waals surface area contributed by atoms with Crippen molar-refractivity contribution >= 4 is 21.8 Å². The van der Waals surface area contributed by atoms with Crippen LogP contribution >= 0.6 is 0 Å². The van der Waals surface area contributed by atoms with Crippen LogP contribution in [-0.4, -0.2) is 45.7 Å². The Kier molecular flexibility index (Phi) is 6.29. The van der Waals surface area contributed by atoms with Crippen molar-refractivity contribution in [1.29, 1.82) is 0 Å². The monoisotopic (exact) mass is 393 g/mol. The highest BCUT2D eigenvalue weighted by molar-refractivity contribution is 7.89. The average molecular weight is 393 g/mol. The fourth-order valence-electron chi connectivity index (χ4n) is 2.29. The summed E-state index contributed by atoms with van der Waals surface area (Å²) in [5.41, 5.74) is 1.15. The number of sulfonamides is 1. The molecule has 0 radical (unpaired) electrons. The van der Waals surface area contributed by atoms with Gasteiger partial charge in [-0.15, -0.1) is 0 Å². The standard InChI is InChI=1S/C18H20FN3O4S/c1-20-17(23)13-6-4-5-12(9-13)11-21-18(24)14-7-8-15(19)16(10-14)27(25,26)22(2)3/h4-10H,11H2,1-3H3,(H,20,23)(H,21,24). The Labute approximate surface area is 157 Å². The molecule has 0 aromatic heterocycles. The quantitative estimate of drug-likeness (QED) is 0.775. The Hall–Kier alpha value is -2.78. The number of carbonyl (C=O) groups is 2. The molecule has 0 atom stereocenters. The van der Waals surface area contributed by atoms with Crippen LogP contribution in [0.15, 0.2) is 47.4 Å². The van der Waals surface area contributed by atoms with Gasteiger partial charge in [-0.2, -0.15) is 0 Å². The van der Waals surface area contributed by atoms with Crippen LogP contribution in [0.2, 0.25) is 0 Å². The van der Waals surface area contributed by atoms with Crippen LogP contribution in [0.4, 0.5) is 4.39 Å². The maximum Gasteiger partial charge on any atom is 0.251 e. The Balaban J connectivity index is 2.19. The highest BCUT2D eigenvalue weighted by Crippen LogP contribution is 2.19. The third kappa shape index (κ3) is 4.69. The number of halogens is 1. The molecule has 7 nitrogen and oxygen atoms in total. The van der Waals surface area contributed by atoms with E-state index in [1.54, 1.807) is 24.3 Å². The van der Waals surface area contributed by atoms with Crippen LogP contribution < -0.4 is 10.6 Å². The van der Waals surface area contributed by atoms with Crippen molar-refractivity contribution in [2.75, 3.05) is 21.1 Å². The zero-order valence-corrected chi connectivity index (χ0v) is 15.9. The first-order chi connectivity index (χ1) is 12.7. The van der Waals surface area contributed by atoms with E-state index >= 15 is 0 Å². The van der Waals surface area contributed by atoms with E-state index in [0.717, 1.165) is 16.4 Å². The molecule has 0 unspecified atom stereocenters. The zero-order valence-electron chi connectivity index (χ0n) is 15.1. The molecule has 2 N–H and O–H groups in total. The van der Waals surface area contributed by atoms with E-state index in [4.69, 9.17) is 0 Å². The number of rotatable bonds is 6. The van der Waals surface area contributed by atoms with Gasteiger partial charge in [0.25, 0.3) is 11.8 Å². The number of carbonyl (C=O) groups excluding carboxylic acids is 2. The Bertz CT molecular complexity index is 974. The number of amides is 2. The number of nitrogens with one attached hydrogen (secondary N) is 2. The van der Waals surface area contributed by atoms with Crippen LogP contribution in [0, 0.1) is 5.82 Å². The van der Waals surface area contributed by atoms with Crippen LogP contribution in [-0.2, 0) is 16.6 Å². The van der Waals surface area contributed by atoms with Crippen LogP contribution in [0.1, 0.15) is 26.3 Å². The average Bonchev–Trinajstić information content (AvgIpc) is 2.65. The first-order valence-corrected chi connectivity index (χ1v) is 9.42. The van der Waals surface area contributed by atoms with Gasteiger partial charge < -0.3 is 10.6 Å². The van der Waals surface area contributed by atoms with Gasteiger partial charge in [-0.3, -0.25) is 9.59 Å². The predicted octanol–water partition coefficient (Wildman–Crippen LogP) is 1.37. The van der Waals surface area contributed by atoms with E-state index in [2.05, 4.69) is 10.6 Å². The van der Waals surface area contributed by atoms with Crippen molar-refractivity contribution in [2.24, 2.45) is 0 Å². The molecule has 0 aliphatic carbocycles. The van der Waals surface area contributed by atoms with Gasteiger partial charge in [-0.05, 0) is 35.9 Å². The molecule has 0 fully saturated rings. The molecule has 2 amide bonds. The van der Waals surface area contributed by atoms with Crippen molar-refractivity contribution < 1.29 is 22.4 Å². The summed E-state index contributed by atoms with van der Waals surface area (Å²) in [6.07, 6.45) is 0. The van der Waals surface area contributed by atoms with Crippen LogP contribution in [0.5, 0.6) is 0 Å². The Morgan fingerprint density at radius 1 is 1.04 bits per heavy atom. The van der Waals surface area contributed by atoms with Crippen LogP contribution in [0.3, 0.4) is 0 Å². The largest absolute Gasteiger partial charge is 0.355 e. The second-order valence-corrected chi connectivity index (χ2v) is 8.02. The fraction of sp³-hybridized carbons (Fsp3) is 0.222. The summed E-state index contributed by atoms with van der Waals surface area (Å²) in [5, 5.41) is 5.14. The second kappa shape index (κ2) is 8.28. The molecule has 0 aliphatic rings. The number of benzene rings is 2. The van der Waals surface area contributed by atoms with Gasteiger partial charge in [0.05, 0.1) is 0 Å². The highest BCUT2D eigenvalue weighted by Gasteiger charge is 2.23. The van der Waals surface area contributed by atoms with Crippen LogP contribution in [0.25, 0.3) is 0 Å². The summed E-state index contributed by atoms with van der Waals surface area (Å²) < 4.78 is 39.1. The van der Waals surface area contributed by atoms with E-state index < -0.39 is 26.6 Å². The van der Waals surface area contributed by atoms with E-state index in [1.807, 2.05) is 0 Å². The van der Waals surface area contributed by atoms with Gasteiger partial charge in [0.1, 0.15) is 10.7 Å². The summed E-state index contributed by atoms with van der Waals surface area (Å²) in [5.74, 6) is -1.74. The smallest absolute Gasteiger partial charge is 0.251 e. The van der Waals surface area contributed by atoms with Crippen molar-refractivity contribution in [1.82, 2.24) is 14.9 Å². The lowest BCUT2D eigenvalue weighted by Gasteiger charge is -2.13. The van der Waals surface area contributed by atoms with Gasteiger partial charge in [-0.1, -0.05) is 12.1 Å². The molecule has 144 valence electrons. The molecule has 0 bridgehead atoms.